The van der Waals surface area contributed by atoms with Gasteiger partial charge >= 0.3 is 0 Å². The number of hydroxylamine groups is 1. The second-order valence-corrected chi connectivity index (χ2v) is 8.82. The number of fused-ring (bicyclic) bond motifs is 1. The Bertz CT molecular complexity index is 848. The molecule has 0 saturated carbocycles. The van der Waals surface area contributed by atoms with Gasteiger partial charge in [0.1, 0.15) is 5.65 Å². The maximum Gasteiger partial charge on any atom is 0.267 e. The Hall–Kier alpha value is -2.18. The van der Waals surface area contributed by atoms with Gasteiger partial charge in [-0.15, -0.1) is 0 Å². The molecule has 0 fully saturated rings. The lowest BCUT2D eigenvalue weighted by atomic mass is 9.90. The number of imidazole rings is 1. The van der Waals surface area contributed by atoms with Crippen LogP contribution in [0.15, 0.2) is 24.4 Å². The van der Waals surface area contributed by atoms with Gasteiger partial charge in [-0.3, -0.25) is 10.0 Å². The van der Waals surface area contributed by atoms with E-state index < -0.39 is 5.91 Å². The van der Waals surface area contributed by atoms with Gasteiger partial charge in [-0.1, -0.05) is 48.0 Å². The van der Waals surface area contributed by atoms with E-state index in [2.05, 4.69) is 51.3 Å². The molecule has 2 unspecified atom stereocenters. The molecule has 160 valence electrons. The smallest absolute Gasteiger partial charge is 0.267 e. The third-order valence-electron chi connectivity index (χ3n) is 5.40. The molecule has 3 N–H and O–H groups in total. The Kier molecular flexibility index (Phi) is 7.99. The van der Waals surface area contributed by atoms with E-state index in [0.717, 1.165) is 29.9 Å². The van der Waals surface area contributed by atoms with Crippen LogP contribution in [0.3, 0.4) is 0 Å². The van der Waals surface area contributed by atoms with E-state index in [9.17, 15) is 4.79 Å². The molecule has 2 aromatic rings. The van der Waals surface area contributed by atoms with Crippen molar-refractivity contribution in [3.05, 3.63) is 41.4 Å². The van der Waals surface area contributed by atoms with Crippen LogP contribution in [0.1, 0.15) is 77.8 Å². The number of amides is 1. The molecule has 0 aliphatic heterocycles. The van der Waals surface area contributed by atoms with E-state index >= 15 is 0 Å². The monoisotopic (exact) mass is 400 g/mol. The Balaban J connectivity index is 2.36. The lowest BCUT2D eigenvalue weighted by molar-refractivity contribution is -0.124. The summed E-state index contributed by atoms with van der Waals surface area (Å²) in [6.45, 7) is 14.1. The molecule has 6 heteroatoms. The fourth-order valence-electron chi connectivity index (χ4n) is 3.83. The van der Waals surface area contributed by atoms with E-state index in [0.29, 0.717) is 12.0 Å². The Morgan fingerprint density at radius 2 is 2.07 bits per heavy atom. The highest BCUT2D eigenvalue weighted by Gasteiger charge is 2.24. The first-order valence-corrected chi connectivity index (χ1v) is 10.6. The summed E-state index contributed by atoms with van der Waals surface area (Å²) in [7, 11) is 0. The van der Waals surface area contributed by atoms with E-state index in [-0.39, 0.29) is 5.41 Å². The first-order chi connectivity index (χ1) is 13.7. The summed E-state index contributed by atoms with van der Waals surface area (Å²) in [5.74, 6) is 0.0805. The largest absolute Gasteiger partial charge is 0.308 e. The zero-order chi connectivity index (χ0) is 21.6. The molecule has 0 aromatic carbocycles. The van der Waals surface area contributed by atoms with Crippen LogP contribution in [0.4, 0.5) is 0 Å². The number of carbonyl (C=O) groups excluding carboxylic acids is 1. The molecule has 0 bridgehead atoms. The highest BCUT2D eigenvalue weighted by Crippen LogP contribution is 2.27. The molecular weight excluding hydrogens is 364 g/mol. The molecule has 2 heterocycles. The summed E-state index contributed by atoms with van der Waals surface area (Å²) < 4.78 is 2.13. The van der Waals surface area contributed by atoms with Gasteiger partial charge in [0, 0.05) is 30.3 Å². The summed E-state index contributed by atoms with van der Waals surface area (Å²) >= 11 is 0. The number of aromatic nitrogens is 2. The second-order valence-electron chi connectivity index (χ2n) is 8.82. The lowest BCUT2D eigenvalue weighted by Gasteiger charge is -2.25. The molecule has 2 atom stereocenters. The molecule has 1 amide bonds. The van der Waals surface area contributed by atoms with Gasteiger partial charge < -0.3 is 9.72 Å². The molecule has 29 heavy (non-hydrogen) atoms. The van der Waals surface area contributed by atoms with Crippen LogP contribution in [0.5, 0.6) is 0 Å². The van der Waals surface area contributed by atoms with Crippen LogP contribution in [0.2, 0.25) is 0 Å². The van der Waals surface area contributed by atoms with Crippen LogP contribution in [-0.2, 0) is 16.8 Å². The van der Waals surface area contributed by atoms with Crippen LogP contribution in [0.25, 0.3) is 11.7 Å². The first kappa shape index (κ1) is 23.1. The predicted octanol–water partition coefficient (Wildman–Crippen LogP) is 4.45. The van der Waals surface area contributed by atoms with Crippen molar-refractivity contribution in [2.75, 3.05) is 0 Å². The van der Waals surface area contributed by atoms with E-state index in [1.54, 1.807) is 11.6 Å². The highest BCUT2D eigenvalue weighted by molar-refractivity contribution is 5.90. The van der Waals surface area contributed by atoms with Crippen molar-refractivity contribution < 1.29 is 10.0 Å². The number of nitrogens with one attached hydrogen (secondary N) is 2. The molecule has 0 aliphatic carbocycles. The lowest BCUT2D eigenvalue weighted by Crippen LogP contribution is -2.35. The van der Waals surface area contributed by atoms with Crippen LogP contribution in [0, 0.1) is 5.92 Å². The summed E-state index contributed by atoms with van der Waals surface area (Å²) in [6, 6.07) is 4.38. The van der Waals surface area contributed by atoms with Gasteiger partial charge in [0.2, 0.25) is 0 Å². The molecular formula is C23H36N4O2. The average molecular weight is 401 g/mol. The molecule has 2 aromatic heterocycles. The quantitative estimate of drug-likeness (QED) is 0.330. The van der Waals surface area contributed by atoms with Crippen molar-refractivity contribution in [3.8, 4) is 0 Å². The van der Waals surface area contributed by atoms with Gasteiger partial charge in [-0.05, 0) is 42.5 Å². The molecule has 0 radical (unpaired) electrons. The van der Waals surface area contributed by atoms with E-state index in [1.807, 2.05) is 18.3 Å². The number of nitrogens with zero attached hydrogens (tertiary/aromatic N) is 2. The number of rotatable bonds is 9. The number of hydrogen-bond donors (Lipinski definition) is 3. The average Bonchev–Trinajstić information content (AvgIpc) is 3.05. The highest BCUT2D eigenvalue weighted by atomic mass is 16.5. The Morgan fingerprint density at radius 1 is 1.34 bits per heavy atom. The van der Waals surface area contributed by atoms with Crippen molar-refractivity contribution in [3.63, 3.8) is 0 Å². The predicted molar refractivity (Wildman–Crippen MR) is 118 cm³/mol. The van der Waals surface area contributed by atoms with Crippen molar-refractivity contribution in [1.82, 2.24) is 20.2 Å². The van der Waals surface area contributed by atoms with Crippen molar-refractivity contribution in [2.45, 2.75) is 78.8 Å². The van der Waals surface area contributed by atoms with Gasteiger partial charge in [-0.2, -0.15) is 0 Å². The third-order valence-corrected chi connectivity index (χ3v) is 5.40. The van der Waals surface area contributed by atoms with Crippen LogP contribution < -0.4 is 10.8 Å². The van der Waals surface area contributed by atoms with E-state index in [4.69, 9.17) is 10.2 Å². The summed E-state index contributed by atoms with van der Waals surface area (Å²) in [5.41, 5.74) is 5.49. The molecule has 0 saturated heterocycles. The van der Waals surface area contributed by atoms with Crippen molar-refractivity contribution in [2.24, 2.45) is 5.92 Å². The maximum absolute atomic E-state index is 11.2. The molecule has 0 aliphatic rings. The van der Waals surface area contributed by atoms with Crippen molar-refractivity contribution in [1.29, 1.82) is 0 Å². The fourth-order valence-corrected chi connectivity index (χ4v) is 3.83. The first-order valence-electron chi connectivity index (χ1n) is 10.6. The second kappa shape index (κ2) is 10.0. The van der Waals surface area contributed by atoms with Gasteiger partial charge in [-0.25, -0.2) is 10.5 Å². The molecule has 2 rings (SSSR count). The minimum atomic E-state index is -0.555. The van der Waals surface area contributed by atoms with E-state index in [1.165, 1.54) is 24.6 Å². The SMILES string of the molecule is CCCC(C)C(CC)NCc1c(C(C)(C)C)nc2cc(/C=C/C(=O)NO)ccn12. The number of carbonyl (C=O) groups is 1. The summed E-state index contributed by atoms with van der Waals surface area (Å²) in [6.07, 6.45) is 8.48. The van der Waals surface area contributed by atoms with Crippen LogP contribution >= 0.6 is 0 Å². The maximum atomic E-state index is 11.2. The van der Waals surface area contributed by atoms with Gasteiger partial charge in [0.15, 0.2) is 0 Å². The minimum absolute atomic E-state index is 0.0768. The fraction of sp³-hybridized carbons (Fsp3) is 0.565. The number of pyridine rings is 1. The van der Waals surface area contributed by atoms with Crippen molar-refractivity contribution >= 4 is 17.6 Å². The minimum Gasteiger partial charge on any atom is -0.308 e. The van der Waals surface area contributed by atoms with Gasteiger partial charge in [0.05, 0.1) is 11.4 Å². The van der Waals surface area contributed by atoms with Gasteiger partial charge in [0.25, 0.3) is 5.91 Å². The Labute approximate surface area is 174 Å². The third kappa shape index (κ3) is 5.90. The Morgan fingerprint density at radius 3 is 2.66 bits per heavy atom. The topological polar surface area (TPSA) is 78.7 Å². The number of hydrogen-bond acceptors (Lipinski definition) is 4. The zero-order valence-electron chi connectivity index (χ0n) is 18.6. The normalized spacial score (nSPS) is 14.4. The molecule has 6 nitrogen and oxygen atoms in total. The summed E-state index contributed by atoms with van der Waals surface area (Å²) in [4.78, 5) is 16.2. The standard InChI is InChI=1S/C23H36N4O2/c1-7-9-16(3)18(8-2)24-15-19-22(23(4,5)6)25-20-14-17(12-13-27(19)20)10-11-21(28)26-29/h10-14,16,18,24,29H,7-9,15H2,1-6H3,(H,26,28)/b11-10+. The zero-order valence-corrected chi connectivity index (χ0v) is 18.6. The van der Waals surface area contributed by atoms with Crippen LogP contribution in [-0.4, -0.2) is 26.5 Å². The molecule has 0 spiro atoms. The summed E-state index contributed by atoms with van der Waals surface area (Å²) in [5, 5.41) is 12.4.